The number of pyridine rings is 1. The van der Waals surface area contributed by atoms with Crippen LogP contribution < -0.4 is 46.7 Å². The largest absolute Gasteiger partial charge is 0.493 e. The fourth-order valence-corrected chi connectivity index (χ4v) is 11.2. The summed E-state index contributed by atoms with van der Waals surface area (Å²) in [5.41, 5.74) is 8.32. The number of nitrogens with zero attached hydrogens (tertiary/aromatic N) is 15. The van der Waals surface area contributed by atoms with E-state index in [9.17, 15) is 38.7 Å². The number of aliphatic hydroxyl groups excluding tert-OH is 1. The lowest BCUT2D eigenvalue weighted by Crippen LogP contribution is -2.11. The van der Waals surface area contributed by atoms with Gasteiger partial charge in [0.25, 0.3) is 27.8 Å². The number of Topliss-reactive ketones (excluding diaryl/α,β-unsaturated/α-hetero) is 1. The number of aromatic nitrogens is 25. The molecule has 12 aromatic heterocycles. The number of hydrogen-bond donors (Lipinski definition) is 13. The van der Waals surface area contributed by atoms with E-state index in [1.165, 1.54) is 43.8 Å². The minimum atomic E-state index is -1.00. The molecule has 0 bridgehead atoms. The minimum Gasteiger partial charge on any atom is -0.493 e. The second kappa shape index (κ2) is 34.2. The second-order valence-electron chi connectivity index (χ2n) is 23.6. The molecule has 17 rings (SSSR count). The van der Waals surface area contributed by atoms with E-state index in [0.29, 0.717) is 179 Å². The Morgan fingerprint density at radius 1 is 0.451 bits per heavy atom. The zero-order valence-corrected chi connectivity index (χ0v) is 59.8. The number of carboxylic acid groups (broad SMARTS) is 1. The summed E-state index contributed by atoms with van der Waals surface area (Å²) in [6, 6.07) is 32.4. The number of carbonyl (C=O) groups excluding carboxylic acids is 1. The lowest BCUT2D eigenvalue weighted by atomic mass is 10.0. The molecule has 0 saturated heterocycles. The summed E-state index contributed by atoms with van der Waals surface area (Å²) in [7, 11) is 0. The van der Waals surface area contributed by atoms with Crippen LogP contribution in [0.4, 0.5) is 0 Å². The molecule has 0 fully saturated rings. The SMILES string of the molecule is CCOc1cc(-c2nn[nH]n2)ccc1-c1nc2nc[nH]c2c(=O)[nH]1.CCOc1cc(C#N)ccc1-c1nc2nc[nH]c2c(=O)[nH]1.CCOc1cc(C(=O)Cc2cccnc2)ccc1-c1nc2nc[nH]c2c(=O)[nH]1.CCOc1cc(CO)ccc1-c1nc2nc[nH]c2c(=O)[nH]1.O=C(O)c1ccc(-c2nc3nc[nH]c3c(=O)[nH]2)cc1. The van der Waals surface area contributed by atoms with Crippen molar-refractivity contribution in [2.45, 2.75) is 40.7 Å². The molecule has 0 aliphatic rings. The van der Waals surface area contributed by atoms with E-state index in [1.807, 2.05) is 33.8 Å². The van der Waals surface area contributed by atoms with Gasteiger partial charge in [0, 0.05) is 35.5 Å². The molecule has 113 heavy (non-hydrogen) atoms. The average Bonchev–Trinajstić information content (AvgIpc) is 1.80. The van der Waals surface area contributed by atoms with E-state index < -0.39 is 5.97 Å². The lowest BCUT2D eigenvalue weighted by Gasteiger charge is -2.11. The number of carboxylic acids is 1. The number of ether oxygens (including phenoxy) is 4. The molecule has 39 nitrogen and oxygen atoms in total. The summed E-state index contributed by atoms with van der Waals surface area (Å²) in [6.45, 7) is 9.12. The smallest absolute Gasteiger partial charge is 0.335 e. The van der Waals surface area contributed by atoms with E-state index in [2.05, 4.69) is 131 Å². The number of nitrogens with one attached hydrogen (secondary N) is 11. The Balaban J connectivity index is 0.000000124. The third-order valence-corrected chi connectivity index (χ3v) is 16.4. The molecule has 12 heterocycles. The van der Waals surface area contributed by atoms with Crippen molar-refractivity contribution in [2.75, 3.05) is 26.4 Å². The van der Waals surface area contributed by atoms with Crippen LogP contribution in [0.5, 0.6) is 23.0 Å². The fourth-order valence-electron chi connectivity index (χ4n) is 11.2. The highest BCUT2D eigenvalue weighted by atomic mass is 16.5. The van der Waals surface area contributed by atoms with Gasteiger partial charge in [0.2, 0.25) is 5.82 Å². The van der Waals surface area contributed by atoms with Gasteiger partial charge in [0.1, 0.15) is 52.1 Å². The first kappa shape index (κ1) is 75.1. The normalized spacial score (nSPS) is 10.8. The van der Waals surface area contributed by atoms with Gasteiger partial charge in [-0.3, -0.25) is 33.8 Å². The topological polar surface area (TPSA) is 575 Å². The Morgan fingerprint density at radius 2 is 0.850 bits per heavy atom. The molecular weight excluding hydrogens is 1460 g/mol. The maximum atomic E-state index is 12.6. The molecule has 39 heteroatoms. The number of ketones is 1. The summed E-state index contributed by atoms with van der Waals surface area (Å²) >= 11 is 0. The molecule has 0 atom stereocenters. The van der Waals surface area contributed by atoms with Crippen molar-refractivity contribution in [2.24, 2.45) is 0 Å². The van der Waals surface area contributed by atoms with Gasteiger partial charge in [-0.2, -0.15) is 10.5 Å². The highest BCUT2D eigenvalue weighted by Gasteiger charge is 2.21. The molecule has 0 radical (unpaired) electrons. The lowest BCUT2D eigenvalue weighted by molar-refractivity contribution is 0.0696. The van der Waals surface area contributed by atoms with Crippen LogP contribution in [0.15, 0.2) is 177 Å². The molecule has 13 N–H and O–H groups in total. The summed E-state index contributed by atoms with van der Waals surface area (Å²) < 4.78 is 22.5. The molecule has 566 valence electrons. The van der Waals surface area contributed by atoms with E-state index in [-0.39, 0.29) is 52.2 Å². The van der Waals surface area contributed by atoms with Crippen LogP contribution in [0.3, 0.4) is 0 Å². The Morgan fingerprint density at radius 3 is 1.27 bits per heavy atom. The Labute approximate surface area is 631 Å². The highest BCUT2D eigenvalue weighted by Crippen LogP contribution is 2.34. The summed E-state index contributed by atoms with van der Waals surface area (Å²) in [4.78, 5) is 156. The van der Waals surface area contributed by atoms with E-state index >= 15 is 0 Å². The van der Waals surface area contributed by atoms with Crippen LogP contribution in [0.1, 0.15) is 65.1 Å². The number of hydrogen-bond acceptors (Lipinski definition) is 27. The van der Waals surface area contributed by atoms with Gasteiger partial charge >= 0.3 is 5.97 Å². The van der Waals surface area contributed by atoms with Gasteiger partial charge in [-0.15, -0.1) is 10.2 Å². The van der Waals surface area contributed by atoms with Gasteiger partial charge in [0.05, 0.1) is 104 Å². The van der Waals surface area contributed by atoms with E-state index in [1.54, 1.807) is 103 Å². The van der Waals surface area contributed by atoms with E-state index in [0.717, 1.165) is 16.7 Å². The van der Waals surface area contributed by atoms with Crippen LogP contribution in [-0.2, 0) is 13.0 Å². The Kier molecular flexibility index (Phi) is 22.7. The molecule has 0 saturated carbocycles. The quantitative estimate of drug-likeness (QED) is 0.0355. The molecule has 0 unspecified atom stereocenters. The number of carbonyl (C=O) groups is 2. The van der Waals surface area contributed by atoms with Crippen LogP contribution in [0.2, 0.25) is 0 Å². The number of nitriles is 1. The monoisotopic (exact) mass is 1520 g/mol. The second-order valence-corrected chi connectivity index (χ2v) is 23.6. The zero-order valence-electron chi connectivity index (χ0n) is 59.8. The zero-order chi connectivity index (χ0) is 79.1. The van der Waals surface area contributed by atoms with Crippen molar-refractivity contribution in [1.82, 2.24) is 125 Å². The maximum absolute atomic E-state index is 12.6. The maximum Gasteiger partial charge on any atom is 0.335 e. The molecule has 0 aliphatic heterocycles. The third-order valence-electron chi connectivity index (χ3n) is 16.4. The summed E-state index contributed by atoms with van der Waals surface area (Å²) in [6.07, 6.45) is 10.7. The van der Waals surface area contributed by atoms with Gasteiger partial charge in [-0.05, 0) is 117 Å². The van der Waals surface area contributed by atoms with Crippen LogP contribution in [-0.4, -0.2) is 174 Å². The van der Waals surface area contributed by atoms with E-state index in [4.69, 9.17) is 29.3 Å². The first-order valence-electron chi connectivity index (χ1n) is 34.3. The first-order valence-corrected chi connectivity index (χ1v) is 34.3. The van der Waals surface area contributed by atoms with Gasteiger partial charge < -0.3 is 79.0 Å². The predicted molar refractivity (Wildman–Crippen MR) is 407 cm³/mol. The Hall–Kier alpha value is -16.1. The molecule has 0 aliphatic carbocycles. The minimum absolute atomic E-state index is 0.0512. The Bertz CT molecular complexity index is 6650. The van der Waals surface area contributed by atoms with Crippen molar-refractivity contribution in [3.05, 3.63) is 233 Å². The van der Waals surface area contributed by atoms with Crippen LogP contribution in [0, 0.1) is 11.3 Å². The number of benzene rings is 5. The van der Waals surface area contributed by atoms with Crippen molar-refractivity contribution in [3.63, 3.8) is 0 Å². The highest BCUT2D eigenvalue weighted by molar-refractivity contribution is 5.98. The average molecular weight is 1520 g/mol. The number of aromatic amines is 11. The van der Waals surface area contributed by atoms with Crippen LogP contribution in [0.25, 0.3) is 124 Å². The summed E-state index contributed by atoms with van der Waals surface area (Å²) in [5.74, 6) is 3.27. The fraction of sp³-hybridized carbons (Fsp3) is 0.135. The third kappa shape index (κ3) is 17.0. The molecule has 0 amide bonds. The number of rotatable bonds is 19. The first-order chi connectivity index (χ1) is 55.0. The molecule has 0 spiro atoms. The molecular formula is C74H62N26O13. The number of H-pyrrole nitrogens is 11. The number of imidazole rings is 5. The van der Waals surface area contributed by atoms with Gasteiger partial charge in [-0.1, -0.05) is 36.4 Å². The number of aromatic carboxylic acids is 1. The summed E-state index contributed by atoms with van der Waals surface area (Å²) in [5, 5.41) is 40.8. The number of aliphatic hydroxyl groups is 1. The van der Waals surface area contributed by atoms with Crippen molar-refractivity contribution < 1.29 is 38.7 Å². The van der Waals surface area contributed by atoms with Crippen molar-refractivity contribution >= 4 is 67.6 Å². The van der Waals surface area contributed by atoms with Crippen molar-refractivity contribution in [3.8, 4) is 97.4 Å². The van der Waals surface area contributed by atoms with Gasteiger partial charge in [-0.25, -0.2) is 54.6 Å². The van der Waals surface area contributed by atoms with Crippen LogP contribution >= 0.6 is 0 Å². The number of fused-ring (bicyclic) bond motifs is 5. The molecule has 5 aromatic carbocycles. The van der Waals surface area contributed by atoms with Gasteiger partial charge in [0.15, 0.2) is 61.6 Å². The molecule has 17 aromatic rings. The predicted octanol–water partition coefficient (Wildman–Crippen LogP) is 7.22. The standard InChI is InChI=1S/C20H17N5O3.C14H12N8O2.C14H11N5O2.C14H14N4O3.C12H8N4O3/c1-2-28-16-9-13(15(26)8-12-4-3-7-21-10-12)5-6-14(16)18-24-19-17(20(27)25-18)22-11-23-19;1-2-24-9-5-7(11-19-21-22-20-11)3-4-8(9)12-17-13-10(14(23)18-12)15-6-16-13;1-2-21-10-5-8(6-15)3-4-9(10)12-18-13-11(14(20)19-12)16-7-17-13;1-2-21-10-5-8(6-19)3-4-9(10)12-17-13-11(14(20)18-12)15-7-16-13;17-11-8-10(14-5-13-8)15-9(16-11)6-1-3-7(4-2-6)12(18)19/h3-7,9-11H,2,8H2,1H3,(H2,22,23,24,25,27);3-6H,2H2,1H3,(H,19,20,21,22)(H2,15,16,17,18,23);3-5,7H,2H2,1H3,(H2,16,17,18,19,20);3-5,7,19H,2,6H2,1H3,(H2,15,16,17,18,20);1-5H,(H,18,19)(H2,13,14,15,16,17). The van der Waals surface area contributed by atoms with Crippen molar-refractivity contribution in [1.29, 1.82) is 5.26 Å². The number of tetrazole rings is 1.